The number of nitriles is 1. The van der Waals surface area contributed by atoms with Crippen LogP contribution in [0.2, 0.25) is 0 Å². The molecule has 3 unspecified atom stereocenters. The number of nitrogens with one attached hydrogen (secondary N) is 2. The summed E-state index contributed by atoms with van der Waals surface area (Å²) in [4.78, 5) is 13.5. The van der Waals surface area contributed by atoms with Crippen molar-refractivity contribution in [2.75, 3.05) is 19.4 Å². The lowest BCUT2D eigenvalue weighted by Gasteiger charge is -2.44. The molecule has 0 saturated carbocycles. The third-order valence-electron chi connectivity index (χ3n) is 7.77. The molecule has 0 aromatic heterocycles. The van der Waals surface area contributed by atoms with Crippen molar-refractivity contribution < 1.29 is 29.6 Å². The molecule has 36 heavy (non-hydrogen) atoms. The maximum absolute atomic E-state index is 13.5. The van der Waals surface area contributed by atoms with Crippen molar-refractivity contribution in [3.05, 3.63) is 35.4 Å². The molecule has 3 heterocycles. The SMILES string of the molecule is CSC1O[C@H]([C@H](NC(=O)[C@H]2NC[C@@H]3C[C@@H](c4ccc(C#N)cc4)CCO[C@H]32)C(C)C)C(O)C(O)[C@H]1O. The highest BCUT2D eigenvalue weighted by molar-refractivity contribution is 7.99. The van der Waals surface area contributed by atoms with Gasteiger partial charge < -0.3 is 35.4 Å². The van der Waals surface area contributed by atoms with Gasteiger partial charge in [-0.3, -0.25) is 4.79 Å². The minimum Gasteiger partial charge on any atom is -0.388 e. The number of aliphatic hydroxyl groups is 3. The monoisotopic (exact) mass is 519 g/mol. The van der Waals surface area contributed by atoms with Gasteiger partial charge in [0.2, 0.25) is 5.91 Å². The van der Waals surface area contributed by atoms with Crippen LogP contribution < -0.4 is 10.6 Å². The molecular weight excluding hydrogens is 482 g/mol. The number of fused-ring (bicyclic) bond motifs is 1. The van der Waals surface area contributed by atoms with Crippen molar-refractivity contribution in [1.82, 2.24) is 10.6 Å². The van der Waals surface area contributed by atoms with Crippen LogP contribution >= 0.6 is 11.8 Å². The molecule has 0 bridgehead atoms. The van der Waals surface area contributed by atoms with Crippen molar-refractivity contribution in [1.29, 1.82) is 5.26 Å². The van der Waals surface area contributed by atoms with Crippen LogP contribution in [0.5, 0.6) is 0 Å². The van der Waals surface area contributed by atoms with E-state index in [2.05, 4.69) is 16.7 Å². The first-order chi connectivity index (χ1) is 17.2. The van der Waals surface area contributed by atoms with E-state index < -0.39 is 41.9 Å². The Labute approximate surface area is 216 Å². The van der Waals surface area contributed by atoms with Gasteiger partial charge in [0.25, 0.3) is 0 Å². The number of hydrogen-bond donors (Lipinski definition) is 5. The standard InChI is InChI=1S/C26H37N3O6S/c1-13(2)18(24-21(31)20(30)22(32)26(35-24)36-3)29-25(33)19-23-17(12-28-19)10-16(8-9-34-23)15-6-4-14(11-27)5-7-15/h4-7,13,16-24,26,28,30-32H,8-10,12H2,1-3H3,(H,29,33)/t16-,17-,18+,19-,20?,21?,22+,23+,24+,26?/m0/s1. The number of amides is 1. The summed E-state index contributed by atoms with van der Waals surface area (Å²) in [7, 11) is 0. The minimum absolute atomic E-state index is 0.0911. The maximum atomic E-state index is 13.5. The van der Waals surface area contributed by atoms with Crippen molar-refractivity contribution >= 4 is 17.7 Å². The number of thioether (sulfide) groups is 1. The van der Waals surface area contributed by atoms with Gasteiger partial charge in [0.1, 0.15) is 35.9 Å². The predicted molar refractivity (Wildman–Crippen MR) is 135 cm³/mol. The summed E-state index contributed by atoms with van der Waals surface area (Å²) in [6.45, 7) is 5.03. The zero-order chi connectivity index (χ0) is 26.0. The normalized spacial score (nSPS) is 37.6. The Kier molecular flexibility index (Phi) is 8.94. The van der Waals surface area contributed by atoms with Crippen LogP contribution in [0, 0.1) is 23.2 Å². The highest BCUT2D eigenvalue weighted by Gasteiger charge is 2.49. The van der Waals surface area contributed by atoms with Crippen LogP contribution in [-0.4, -0.2) is 88.7 Å². The van der Waals surface area contributed by atoms with Gasteiger partial charge in [-0.25, -0.2) is 0 Å². The number of nitrogens with zero attached hydrogens (tertiary/aromatic N) is 1. The molecule has 3 aliphatic heterocycles. The zero-order valence-corrected chi connectivity index (χ0v) is 21.7. The summed E-state index contributed by atoms with van der Waals surface area (Å²) in [5.74, 6) is 0.138. The second kappa shape index (κ2) is 11.8. The molecule has 3 aliphatic rings. The minimum atomic E-state index is -1.36. The summed E-state index contributed by atoms with van der Waals surface area (Å²) >= 11 is 1.25. The van der Waals surface area contributed by atoms with E-state index in [0.717, 1.165) is 12.8 Å². The van der Waals surface area contributed by atoms with E-state index in [1.165, 1.54) is 17.3 Å². The van der Waals surface area contributed by atoms with Crippen LogP contribution in [0.3, 0.4) is 0 Å². The van der Waals surface area contributed by atoms with Gasteiger partial charge in [0.15, 0.2) is 0 Å². The van der Waals surface area contributed by atoms with Crippen molar-refractivity contribution in [3.8, 4) is 6.07 Å². The van der Waals surface area contributed by atoms with Gasteiger partial charge in [-0.15, -0.1) is 11.8 Å². The second-order valence-corrected chi connectivity index (χ2v) is 11.3. The van der Waals surface area contributed by atoms with Crippen molar-refractivity contribution in [3.63, 3.8) is 0 Å². The number of ether oxygens (including phenoxy) is 2. The van der Waals surface area contributed by atoms with Crippen LogP contribution in [0.25, 0.3) is 0 Å². The third-order valence-corrected chi connectivity index (χ3v) is 8.63. The number of benzene rings is 1. The zero-order valence-electron chi connectivity index (χ0n) is 20.9. The fourth-order valence-corrected chi connectivity index (χ4v) is 6.36. The van der Waals surface area contributed by atoms with Crippen LogP contribution in [-0.2, 0) is 14.3 Å². The number of rotatable bonds is 6. The van der Waals surface area contributed by atoms with Gasteiger partial charge >= 0.3 is 0 Å². The summed E-state index contributed by atoms with van der Waals surface area (Å²) in [6, 6.07) is 8.74. The van der Waals surface area contributed by atoms with Gasteiger partial charge in [0, 0.05) is 19.1 Å². The molecule has 198 valence electrons. The largest absolute Gasteiger partial charge is 0.388 e. The first-order valence-electron chi connectivity index (χ1n) is 12.6. The molecule has 0 spiro atoms. The molecule has 1 amide bonds. The molecule has 0 radical (unpaired) electrons. The fraction of sp³-hybridized carbons (Fsp3) is 0.692. The van der Waals surface area contributed by atoms with E-state index in [-0.39, 0.29) is 23.8 Å². The number of hydrogen-bond acceptors (Lipinski definition) is 9. The summed E-state index contributed by atoms with van der Waals surface area (Å²) in [6.07, 6.45) is -1.56. The van der Waals surface area contributed by atoms with Gasteiger partial charge in [-0.2, -0.15) is 5.26 Å². The van der Waals surface area contributed by atoms with Gasteiger partial charge in [-0.05, 0) is 48.6 Å². The van der Waals surface area contributed by atoms with E-state index >= 15 is 0 Å². The quantitative estimate of drug-likeness (QED) is 0.367. The molecule has 5 N–H and O–H groups in total. The smallest absolute Gasteiger partial charge is 0.240 e. The number of carbonyl (C=O) groups excluding carboxylic acids is 1. The average molecular weight is 520 g/mol. The Morgan fingerprint density at radius 2 is 1.92 bits per heavy atom. The Bertz CT molecular complexity index is 939. The van der Waals surface area contributed by atoms with Crippen LogP contribution in [0.4, 0.5) is 0 Å². The van der Waals surface area contributed by atoms with E-state index in [0.29, 0.717) is 24.6 Å². The maximum Gasteiger partial charge on any atom is 0.240 e. The highest BCUT2D eigenvalue weighted by Crippen LogP contribution is 2.36. The van der Waals surface area contributed by atoms with E-state index in [4.69, 9.17) is 14.7 Å². The van der Waals surface area contributed by atoms with Gasteiger partial charge in [0.05, 0.1) is 23.8 Å². The first-order valence-corrected chi connectivity index (χ1v) is 13.9. The summed E-state index contributed by atoms with van der Waals surface area (Å²) in [5.41, 5.74) is 1.11. The molecule has 3 fully saturated rings. The molecule has 4 rings (SSSR count). The summed E-state index contributed by atoms with van der Waals surface area (Å²) < 4.78 is 12.1. The number of carbonyl (C=O) groups is 1. The highest BCUT2D eigenvalue weighted by atomic mass is 32.2. The Morgan fingerprint density at radius 3 is 2.56 bits per heavy atom. The molecule has 1 aromatic carbocycles. The molecule has 1 aromatic rings. The number of aliphatic hydroxyl groups excluding tert-OH is 3. The van der Waals surface area contributed by atoms with E-state index in [1.54, 1.807) is 6.26 Å². The van der Waals surface area contributed by atoms with E-state index in [9.17, 15) is 20.1 Å². The molecule has 10 atom stereocenters. The lowest BCUT2D eigenvalue weighted by molar-refractivity contribution is -0.208. The summed E-state index contributed by atoms with van der Waals surface area (Å²) in [5, 5.41) is 46.7. The second-order valence-electron chi connectivity index (χ2n) is 10.4. The van der Waals surface area contributed by atoms with Crippen molar-refractivity contribution in [2.24, 2.45) is 11.8 Å². The molecule has 9 nitrogen and oxygen atoms in total. The Morgan fingerprint density at radius 1 is 1.19 bits per heavy atom. The van der Waals surface area contributed by atoms with Crippen LogP contribution in [0.15, 0.2) is 24.3 Å². The topological polar surface area (TPSA) is 144 Å². The van der Waals surface area contributed by atoms with E-state index in [1.807, 2.05) is 38.1 Å². The first kappa shape index (κ1) is 27.3. The molecule has 3 saturated heterocycles. The van der Waals surface area contributed by atoms with Crippen molar-refractivity contribution in [2.45, 2.75) is 80.6 Å². The molecular formula is C26H37N3O6S. The third kappa shape index (κ3) is 5.58. The molecule has 10 heteroatoms. The lowest BCUT2D eigenvalue weighted by Crippen LogP contribution is -2.65. The predicted octanol–water partition coefficient (Wildman–Crippen LogP) is 0.720. The fourth-order valence-electron chi connectivity index (χ4n) is 5.68. The van der Waals surface area contributed by atoms with Gasteiger partial charge in [-0.1, -0.05) is 26.0 Å². The Hall–Kier alpha value is -1.71. The average Bonchev–Trinajstić information content (AvgIpc) is 3.16. The Balaban J connectivity index is 1.43. The van der Waals surface area contributed by atoms with Crippen LogP contribution in [0.1, 0.15) is 43.7 Å². The molecule has 0 aliphatic carbocycles. The lowest BCUT2D eigenvalue weighted by atomic mass is 9.85.